The molecule has 2 aliphatic rings. The fraction of sp³-hybridized carbons (Fsp3) is 0.462. The van der Waals surface area contributed by atoms with E-state index in [1.54, 1.807) is 11.3 Å². The number of nitrogens with two attached hydrogens (primary N) is 1. The molecule has 1 fully saturated rings. The number of hydrogen-bond acceptors (Lipinski definition) is 8. The van der Waals surface area contributed by atoms with Crippen LogP contribution in [0.4, 0.5) is 0 Å². The van der Waals surface area contributed by atoms with Crippen molar-refractivity contribution in [2.24, 2.45) is 10.8 Å². The number of aliphatic imine (C=N–C) groups is 1. The third kappa shape index (κ3) is 5.49. The minimum Gasteiger partial charge on any atom is -0.356 e. The summed E-state index contributed by atoms with van der Waals surface area (Å²) in [6.07, 6.45) is 1.10. The Morgan fingerprint density at radius 2 is 1.86 bits per heavy atom. The van der Waals surface area contributed by atoms with Gasteiger partial charge in [0.25, 0.3) is 0 Å². The lowest BCUT2D eigenvalue weighted by Crippen LogP contribution is -2.49. The fourth-order valence-electron chi connectivity index (χ4n) is 4.90. The number of carbonyl (C=O) groups is 1. The number of fused-ring (bicyclic) bond motifs is 3. The molecule has 0 radical (unpaired) electrons. The van der Waals surface area contributed by atoms with E-state index in [-0.39, 0.29) is 12.3 Å². The van der Waals surface area contributed by atoms with Gasteiger partial charge < -0.3 is 10.2 Å². The summed E-state index contributed by atoms with van der Waals surface area (Å²) >= 11 is 7.89. The molecule has 0 spiro atoms. The van der Waals surface area contributed by atoms with Crippen LogP contribution in [0.15, 0.2) is 29.3 Å². The second-order valence-electron chi connectivity index (χ2n) is 9.69. The number of hydrazine groups is 1. The number of piperazine rings is 1. The van der Waals surface area contributed by atoms with Crippen molar-refractivity contribution < 1.29 is 4.79 Å². The zero-order valence-electron chi connectivity index (χ0n) is 21.5. The number of benzene rings is 1. The number of aromatic nitrogens is 3. The Morgan fingerprint density at radius 1 is 1.14 bits per heavy atom. The minimum absolute atomic E-state index is 0.0404. The molecule has 0 aliphatic carbocycles. The molecule has 1 aromatic carbocycles. The van der Waals surface area contributed by atoms with Gasteiger partial charge in [0.05, 0.1) is 12.1 Å². The summed E-state index contributed by atoms with van der Waals surface area (Å²) < 4.78 is 2.07. The van der Waals surface area contributed by atoms with Crippen molar-refractivity contribution in [2.75, 3.05) is 39.3 Å². The number of aryl methyl sites for hydroxylation is 2. The van der Waals surface area contributed by atoms with Gasteiger partial charge in [-0.1, -0.05) is 23.7 Å². The molecule has 196 valence electrons. The summed E-state index contributed by atoms with van der Waals surface area (Å²) in [5, 5.41) is 15.5. The standard InChI is InChI=1S/C26H33ClN8OS/c1-16-17(2)37-26-23(16)24(19-5-7-20(27)8-6-19)30-21(25-32-31-18(3)35(25)26)15-22(36)29-9-4-10-33-11-13-34(28)14-12-33/h5-8,21H,4,9-15,28H2,1-3H3,(H,29,36)/t21-/m0/s1. The first-order valence-electron chi connectivity index (χ1n) is 12.7. The summed E-state index contributed by atoms with van der Waals surface area (Å²) in [5.74, 6) is 7.28. The first-order valence-corrected chi connectivity index (χ1v) is 13.9. The number of amides is 1. The van der Waals surface area contributed by atoms with E-state index in [1.165, 1.54) is 10.4 Å². The summed E-state index contributed by atoms with van der Waals surface area (Å²) in [5.41, 5.74) is 4.06. The number of halogens is 1. The quantitative estimate of drug-likeness (QED) is 0.352. The third-order valence-corrected chi connectivity index (χ3v) is 8.56. The SMILES string of the molecule is Cc1sc2c(c1C)C(c1ccc(Cl)cc1)=N[C@@H](CC(=O)NCCCN1CCN(N)CC1)c1nnc(C)n1-2. The molecule has 0 saturated carbocycles. The molecule has 4 heterocycles. The second-order valence-corrected chi connectivity index (χ2v) is 11.3. The van der Waals surface area contributed by atoms with Crippen LogP contribution in [0.3, 0.4) is 0 Å². The van der Waals surface area contributed by atoms with Crippen LogP contribution in [0.25, 0.3) is 5.00 Å². The highest BCUT2D eigenvalue weighted by Gasteiger charge is 2.32. The van der Waals surface area contributed by atoms with Crippen LogP contribution < -0.4 is 11.2 Å². The van der Waals surface area contributed by atoms with E-state index in [1.807, 2.05) is 36.2 Å². The predicted molar refractivity (Wildman–Crippen MR) is 148 cm³/mol. The van der Waals surface area contributed by atoms with Gasteiger partial charge in [-0.15, -0.1) is 21.5 Å². The molecule has 1 amide bonds. The molecule has 0 bridgehead atoms. The minimum atomic E-state index is -0.455. The summed E-state index contributed by atoms with van der Waals surface area (Å²) in [4.78, 5) is 21.8. The van der Waals surface area contributed by atoms with Gasteiger partial charge in [0.15, 0.2) is 5.82 Å². The van der Waals surface area contributed by atoms with Gasteiger partial charge in [-0.25, -0.2) is 5.01 Å². The van der Waals surface area contributed by atoms with Gasteiger partial charge >= 0.3 is 0 Å². The molecule has 5 rings (SSSR count). The van der Waals surface area contributed by atoms with Crippen LogP contribution >= 0.6 is 22.9 Å². The third-order valence-electron chi connectivity index (χ3n) is 7.12. The highest BCUT2D eigenvalue weighted by atomic mass is 35.5. The Morgan fingerprint density at radius 3 is 2.59 bits per heavy atom. The van der Waals surface area contributed by atoms with Crippen molar-refractivity contribution in [2.45, 2.75) is 39.7 Å². The monoisotopic (exact) mass is 540 g/mol. The van der Waals surface area contributed by atoms with Crippen LogP contribution in [0, 0.1) is 20.8 Å². The first kappa shape index (κ1) is 26.0. The maximum absolute atomic E-state index is 13.1. The van der Waals surface area contributed by atoms with Gasteiger partial charge in [-0.3, -0.25) is 20.2 Å². The van der Waals surface area contributed by atoms with Crippen molar-refractivity contribution in [3.63, 3.8) is 0 Å². The predicted octanol–water partition coefficient (Wildman–Crippen LogP) is 3.19. The van der Waals surface area contributed by atoms with E-state index in [2.05, 4.69) is 38.8 Å². The Kier molecular flexibility index (Phi) is 7.73. The molecule has 0 unspecified atom stereocenters. The first-order chi connectivity index (χ1) is 17.8. The zero-order valence-corrected chi connectivity index (χ0v) is 23.1. The number of nitrogens with zero attached hydrogens (tertiary/aromatic N) is 6. The molecule has 1 saturated heterocycles. The maximum atomic E-state index is 13.1. The van der Waals surface area contributed by atoms with Gasteiger partial charge in [-0.05, 0) is 51.4 Å². The topological polar surface area (TPSA) is 105 Å². The van der Waals surface area contributed by atoms with Crippen molar-refractivity contribution >= 4 is 34.6 Å². The molecule has 37 heavy (non-hydrogen) atoms. The number of rotatable bonds is 7. The molecule has 2 aromatic heterocycles. The molecular weight excluding hydrogens is 508 g/mol. The number of hydrogen-bond donors (Lipinski definition) is 2. The van der Waals surface area contributed by atoms with Crippen LogP contribution in [0.5, 0.6) is 0 Å². The largest absolute Gasteiger partial charge is 0.356 e. The fourth-order valence-corrected chi connectivity index (χ4v) is 6.24. The molecule has 3 N–H and O–H groups in total. The summed E-state index contributed by atoms with van der Waals surface area (Å²) in [6.45, 7) is 11.4. The lowest BCUT2D eigenvalue weighted by molar-refractivity contribution is -0.121. The number of thiophene rings is 1. The van der Waals surface area contributed by atoms with Gasteiger partial charge in [0.1, 0.15) is 16.9 Å². The lowest BCUT2D eigenvalue weighted by Gasteiger charge is -2.31. The van der Waals surface area contributed by atoms with E-state index in [0.29, 0.717) is 17.4 Å². The smallest absolute Gasteiger partial charge is 0.222 e. The molecule has 1 atom stereocenters. The number of carbonyl (C=O) groups excluding carboxylic acids is 1. The van der Waals surface area contributed by atoms with Crippen molar-refractivity contribution in [1.82, 2.24) is 30.0 Å². The second kappa shape index (κ2) is 11.0. The van der Waals surface area contributed by atoms with Crippen molar-refractivity contribution in [3.8, 4) is 5.00 Å². The zero-order chi connectivity index (χ0) is 26.1. The highest BCUT2D eigenvalue weighted by molar-refractivity contribution is 7.15. The van der Waals surface area contributed by atoms with Gasteiger partial charge in [0, 0.05) is 53.8 Å². The average Bonchev–Trinajstić information content (AvgIpc) is 3.35. The van der Waals surface area contributed by atoms with E-state index < -0.39 is 6.04 Å². The molecule has 9 nitrogen and oxygen atoms in total. The van der Waals surface area contributed by atoms with Crippen LogP contribution in [0.2, 0.25) is 5.02 Å². The van der Waals surface area contributed by atoms with Crippen LogP contribution in [-0.2, 0) is 4.79 Å². The molecular formula is C26H33ClN8OS. The Hall–Kier alpha value is -2.63. The van der Waals surface area contributed by atoms with E-state index in [9.17, 15) is 4.79 Å². The van der Waals surface area contributed by atoms with E-state index in [4.69, 9.17) is 22.4 Å². The van der Waals surface area contributed by atoms with E-state index >= 15 is 0 Å². The van der Waals surface area contributed by atoms with Gasteiger partial charge in [-0.2, -0.15) is 0 Å². The maximum Gasteiger partial charge on any atom is 0.222 e. The van der Waals surface area contributed by atoms with Gasteiger partial charge in [0.2, 0.25) is 5.91 Å². The van der Waals surface area contributed by atoms with Crippen molar-refractivity contribution in [3.05, 3.63) is 62.5 Å². The summed E-state index contributed by atoms with van der Waals surface area (Å²) in [6, 6.07) is 7.26. The summed E-state index contributed by atoms with van der Waals surface area (Å²) in [7, 11) is 0. The van der Waals surface area contributed by atoms with E-state index in [0.717, 1.165) is 66.8 Å². The van der Waals surface area contributed by atoms with Crippen LogP contribution in [0.1, 0.15) is 52.1 Å². The normalized spacial score (nSPS) is 18.2. The number of nitrogens with one attached hydrogen (secondary N) is 1. The molecule has 2 aliphatic heterocycles. The highest BCUT2D eigenvalue weighted by Crippen LogP contribution is 2.39. The molecule has 11 heteroatoms. The lowest BCUT2D eigenvalue weighted by atomic mass is 9.99. The van der Waals surface area contributed by atoms with Crippen molar-refractivity contribution in [1.29, 1.82) is 0 Å². The Bertz CT molecular complexity index is 1310. The Labute approximate surface area is 226 Å². The Balaban J connectivity index is 1.37. The van der Waals surface area contributed by atoms with Crippen LogP contribution in [-0.4, -0.2) is 75.6 Å². The molecule has 3 aromatic rings. The average molecular weight is 541 g/mol.